The highest BCUT2D eigenvalue weighted by Gasteiger charge is 2.16. The van der Waals surface area contributed by atoms with Crippen LogP contribution in [0.2, 0.25) is 0 Å². The molecule has 0 aliphatic heterocycles. The Hall–Kier alpha value is -2.48. The Bertz CT molecular complexity index is 661. The van der Waals surface area contributed by atoms with E-state index in [1.165, 1.54) is 0 Å². The van der Waals surface area contributed by atoms with E-state index < -0.39 is 23.3 Å². The van der Waals surface area contributed by atoms with Gasteiger partial charge in [-0.05, 0) is 23.9 Å². The van der Waals surface area contributed by atoms with Gasteiger partial charge in [-0.1, -0.05) is 6.07 Å². The van der Waals surface area contributed by atoms with Gasteiger partial charge in [0.15, 0.2) is 6.61 Å². The monoisotopic (exact) mass is 324 g/mol. The average molecular weight is 324 g/mol. The van der Waals surface area contributed by atoms with Crippen LogP contribution in [0.5, 0.6) is 5.75 Å². The molecule has 0 atom stereocenters. The molecule has 0 unspecified atom stereocenters. The Morgan fingerprint density at radius 2 is 2.23 bits per heavy atom. The number of halogens is 1. The standard InChI is InChI=1S/C14H13FN2O4S/c15-10-3-4-12(17(19)20)13(8-10)21-9-14(18)16-6-5-11-2-1-7-22-11/h1-4,7-8H,5-6,9H2,(H,16,18). The minimum Gasteiger partial charge on any atom is -0.477 e. The van der Waals surface area contributed by atoms with E-state index >= 15 is 0 Å². The third kappa shape index (κ3) is 4.52. The summed E-state index contributed by atoms with van der Waals surface area (Å²) in [4.78, 5) is 22.8. The maximum absolute atomic E-state index is 13.1. The van der Waals surface area contributed by atoms with Crippen molar-refractivity contribution < 1.29 is 18.8 Å². The van der Waals surface area contributed by atoms with Gasteiger partial charge in [-0.2, -0.15) is 0 Å². The average Bonchev–Trinajstić information content (AvgIpc) is 2.98. The van der Waals surface area contributed by atoms with Crippen LogP contribution < -0.4 is 10.1 Å². The maximum atomic E-state index is 13.1. The van der Waals surface area contributed by atoms with Crippen molar-refractivity contribution in [1.29, 1.82) is 0 Å². The Kier molecular flexibility index (Phi) is 5.42. The fraction of sp³-hybridized carbons (Fsp3) is 0.214. The predicted octanol–water partition coefficient (Wildman–Crippen LogP) is 2.53. The number of hydrogen-bond donors (Lipinski definition) is 1. The van der Waals surface area contributed by atoms with E-state index in [-0.39, 0.29) is 11.4 Å². The molecule has 1 aromatic heterocycles. The molecule has 1 amide bonds. The molecule has 0 fully saturated rings. The van der Waals surface area contributed by atoms with E-state index in [0.717, 1.165) is 23.1 Å². The fourth-order valence-electron chi connectivity index (χ4n) is 1.73. The summed E-state index contributed by atoms with van der Waals surface area (Å²) in [5.74, 6) is -1.35. The van der Waals surface area contributed by atoms with E-state index in [4.69, 9.17) is 4.74 Å². The minimum atomic E-state index is -0.691. The summed E-state index contributed by atoms with van der Waals surface area (Å²) >= 11 is 1.59. The SMILES string of the molecule is O=C(COc1cc(F)ccc1[N+](=O)[O-])NCCc1cccs1. The van der Waals surface area contributed by atoms with Gasteiger partial charge in [0.1, 0.15) is 5.82 Å². The summed E-state index contributed by atoms with van der Waals surface area (Å²) in [6.07, 6.45) is 0.698. The smallest absolute Gasteiger partial charge is 0.311 e. The zero-order valence-electron chi connectivity index (χ0n) is 11.5. The summed E-state index contributed by atoms with van der Waals surface area (Å²) < 4.78 is 18.1. The molecule has 2 aromatic rings. The number of nitro benzene ring substituents is 1. The van der Waals surface area contributed by atoms with Gasteiger partial charge in [0.25, 0.3) is 5.91 Å². The van der Waals surface area contributed by atoms with E-state index in [1.807, 2.05) is 17.5 Å². The molecular formula is C14H13FN2O4S. The first-order chi connectivity index (χ1) is 10.6. The molecule has 0 saturated carbocycles. The van der Waals surface area contributed by atoms with Crippen molar-refractivity contribution in [1.82, 2.24) is 5.32 Å². The van der Waals surface area contributed by atoms with E-state index in [1.54, 1.807) is 11.3 Å². The molecular weight excluding hydrogens is 311 g/mol. The van der Waals surface area contributed by atoms with Gasteiger partial charge in [-0.15, -0.1) is 11.3 Å². The number of carbonyl (C=O) groups excluding carboxylic acids is 1. The van der Waals surface area contributed by atoms with Crippen LogP contribution in [0, 0.1) is 15.9 Å². The predicted molar refractivity (Wildman–Crippen MR) is 79.6 cm³/mol. The lowest BCUT2D eigenvalue weighted by atomic mass is 10.3. The number of rotatable bonds is 7. The number of amides is 1. The molecule has 22 heavy (non-hydrogen) atoms. The summed E-state index contributed by atoms with van der Waals surface area (Å²) in [7, 11) is 0. The van der Waals surface area contributed by atoms with E-state index in [9.17, 15) is 19.3 Å². The second-order valence-electron chi connectivity index (χ2n) is 4.34. The number of hydrogen-bond acceptors (Lipinski definition) is 5. The molecule has 116 valence electrons. The molecule has 1 N–H and O–H groups in total. The molecule has 1 heterocycles. The zero-order valence-corrected chi connectivity index (χ0v) is 12.3. The Morgan fingerprint density at radius 1 is 1.41 bits per heavy atom. The van der Waals surface area contributed by atoms with Crippen molar-refractivity contribution in [3.63, 3.8) is 0 Å². The van der Waals surface area contributed by atoms with Crippen molar-refractivity contribution in [3.05, 3.63) is 56.5 Å². The van der Waals surface area contributed by atoms with Crippen LogP contribution in [0.4, 0.5) is 10.1 Å². The first-order valence-electron chi connectivity index (χ1n) is 6.42. The Balaban J connectivity index is 1.83. The molecule has 2 rings (SSSR count). The van der Waals surface area contributed by atoms with Crippen molar-refractivity contribution in [2.45, 2.75) is 6.42 Å². The number of ether oxygens (including phenoxy) is 1. The lowest BCUT2D eigenvalue weighted by Crippen LogP contribution is -2.30. The maximum Gasteiger partial charge on any atom is 0.311 e. The highest BCUT2D eigenvalue weighted by atomic mass is 32.1. The molecule has 0 radical (unpaired) electrons. The number of benzene rings is 1. The first kappa shape index (κ1) is 15.9. The number of nitrogens with zero attached hydrogens (tertiary/aromatic N) is 1. The third-order valence-electron chi connectivity index (χ3n) is 2.75. The van der Waals surface area contributed by atoms with Crippen LogP contribution in [-0.4, -0.2) is 24.0 Å². The highest BCUT2D eigenvalue weighted by molar-refractivity contribution is 7.09. The highest BCUT2D eigenvalue weighted by Crippen LogP contribution is 2.27. The van der Waals surface area contributed by atoms with Gasteiger partial charge >= 0.3 is 5.69 Å². The molecule has 1 aromatic carbocycles. The largest absolute Gasteiger partial charge is 0.477 e. The molecule has 0 aliphatic rings. The lowest BCUT2D eigenvalue weighted by Gasteiger charge is -2.07. The quantitative estimate of drug-likeness (QED) is 0.627. The number of thiophene rings is 1. The summed E-state index contributed by atoms with van der Waals surface area (Å²) in [6.45, 7) is 0.0304. The summed E-state index contributed by atoms with van der Waals surface area (Å²) in [5.41, 5.74) is -0.382. The van der Waals surface area contributed by atoms with Crippen LogP contribution in [-0.2, 0) is 11.2 Å². The molecule has 0 saturated heterocycles. The summed E-state index contributed by atoms with van der Waals surface area (Å²) in [5, 5.41) is 15.4. The molecule has 6 nitrogen and oxygen atoms in total. The van der Waals surface area contributed by atoms with Crippen LogP contribution >= 0.6 is 11.3 Å². The van der Waals surface area contributed by atoms with Crippen LogP contribution in [0.3, 0.4) is 0 Å². The second-order valence-corrected chi connectivity index (χ2v) is 5.37. The Labute approximate surface area is 129 Å². The lowest BCUT2D eigenvalue weighted by molar-refractivity contribution is -0.385. The summed E-state index contributed by atoms with van der Waals surface area (Å²) in [6, 6.07) is 6.74. The fourth-order valence-corrected chi connectivity index (χ4v) is 2.44. The molecule has 0 aliphatic carbocycles. The van der Waals surface area contributed by atoms with Crippen LogP contribution in [0.1, 0.15) is 4.88 Å². The van der Waals surface area contributed by atoms with Gasteiger partial charge < -0.3 is 10.1 Å². The third-order valence-corrected chi connectivity index (χ3v) is 3.69. The van der Waals surface area contributed by atoms with Gasteiger partial charge in [-0.25, -0.2) is 4.39 Å². The van der Waals surface area contributed by atoms with Crippen molar-refractivity contribution in [3.8, 4) is 5.75 Å². The normalized spacial score (nSPS) is 10.2. The van der Waals surface area contributed by atoms with Crippen LogP contribution in [0.15, 0.2) is 35.7 Å². The van der Waals surface area contributed by atoms with Crippen molar-refractivity contribution in [2.75, 3.05) is 13.2 Å². The van der Waals surface area contributed by atoms with Gasteiger partial charge in [0, 0.05) is 23.6 Å². The first-order valence-corrected chi connectivity index (χ1v) is 7.30. The van der Waals surface area contributed by atoms with Crippen LogP contribution in [0.25, 0.3) is 0 Å². The topological polar surface area (TPSA) is 81.5 Å². The van der Waals surface area contributed by atoms with E-state index in [0.29, 0.717) is 13.0 Å². The van der Waals surface area contributed by atoms with Crippen molar-refractivity contribution in [2.24, 2.45) is 0 Å². The second kappa shape index (κ2) is 7.51. The minimum absolute atomic E-state index is 0.265. The number of nitro groups is 1. The Morgan fingerprint density at radius 3 is 2.91 bits per heavy atom. The van der Waals surface area contributed by atoms with Crippen molar-refractivity contribution >= 4 is 22.9 Å². The molecule has 0 bridgehead atoms. The van der Waals surface area contributed by atoms with Gasteiger partial charge in [0.2, 0.25) is 5.75 Å². The number of carbonyl (C=O) groups is 1. The zero-order chi connectivity index (χ0) is 15.9. The molecule has 8 heteroatoms. The molecule has 0 spiro atoms. The van der Waals surface area contributed by atoms with Gasteiger partial charge in [-0.3, -0.25) is 14.9 Å². The number of nitrogens with one attached hydrogen (secondary N) is 1. The van der Waals surface area contributed by atoms with E-state index in [2.05, 4.69) is 5.32 Å². The van der Waals surface area contributed by atoms with Gasteiger partial charge in [0.05, 0.1) is 4.92 Å².